The Morgan fingerprint density at radius 1 is 0.983 bits per heavy atom. The fraction of sp³-hybridized carbons (Fsp3) is 0.425. The van der Waals surface area contributed by atoms with Crippen LogP contribution >= 0.6 is 15.9 Å². The van der Waals surface area contributed by atoms with Gasteiger partial charge in [0.2, 0.25) is 0 Å². The summed E-state index contributed by atoms with van der Waals surface area (Å²) in [6.07, 6.45) is 12.3. The molecule has 5 rings (SSSR count). The van der Waals surface area contributed by atoms with Crippen LogP contribution in [0.25, 0.3) is 0 Å². The van der Waals surface area contributed by atoms with Gasteiger partial charge in [-0.3, -0.25) is 4.79 Å². The number of hydrogen-bond donors (Lipinski definition) is 0. The number of halogens is 1. The van der Waals surface area contributed by atoms with E-state index >= 15 is 0 Å². The molecule has 2 aromatic rings. The minimum atomic E-state index is -4.61. The summed E-state index contributed by atoms with van der Waals surface area (Å²) in [6, 6.07) is 14.1. The number of fused-ring (bicyclic) bond motifs is 2. The van der Waals surface area contributed by atoms with Crippen LogP contribution in [0.3, 0.4) is 0 Å². The van der Waals surface area contributed by atoms with Crippen molar-refractivity contribution < 1.29 is 141 Å². The Hall–Kier alpha value is -1.03. The Bertz CT molecular complexity index is 2340. The number of benzene rings is 2. The van der Waals surface area contributed by atoms with Crippen LogP contribution in [-0.2, 0) is 51.7 Å². The molecule has 3 aliphatic rings. The number of ether oxygens (including phenoxy) is 1. The average Bonchev–Trinajstić information content (AvgIpc) is 3.46. The van der Waals surface area contributed by atoms with Crippen molar-refractivity contribution in [3.05, 3.63) is 106 Å². The third-order valence-corrected chi connectivity index (χ3v) is 11.9. The van der Waals surface area contributed by atoms with Crippen molar-refractivity contribution in [2.75, 3.05) is 24.6 Å². The SMILES string of the molecule is O=S(=O)=O.O=S(=O)=O.[CH2-]CCN1/C(=C/C=C2\CC(C(=O)OCC)CC(/C=C/C3=[N+](CCCC)c4cc[c-]cc4C3(C)C)=C2Br)C(C)(C)c2cc(S(=O)(=O)[O-])ccc21.[Na+].[Na+].[Na+]. The van der Waals surface area contributed by atoms with Crippen molar-refractivity contribution in [2.24, 2.45) is 5.92 Å². The Morgan fingerprint density at radius 2 is 1.60 bits per heavy atom. The average molecular weight is 977 g/mol. The molecule has 13 nitrogen and oxygen atoms in total. The molecule has 0 radical (unpaired) electrons. The van der Waals surface area contributed by atoms with Crippen molar-refractivity contribution in [3.63, 3.8) is 0 Å². The Morgan fingerprint density at radius 3 is 2.15 bits per heavy atom. The number of hydrogen-bond acceptors (Lipinski definition) is 12. The molecule has 20 heteroatoms. The minimum absolute atomic E-state index is 0. The maximum atomic E-state index is 13.2. The smallest absolute Gasteiger partial charge is 0.744 e. The predicted molar refractivity (Wildman–Crippen MR) is 218 cm³/mol. The van der Waals surface area contributed by atoms with Crippen molar-refractivity contribution in [1.29, 1.82) is 0 Å². The van der Waals surface area contributed by atoms with Crippen molar-refractivity contribution in [3.8, 4) is 0 Å². The van der Waals surface area contributed by atoms with Gasteiger partial charge in [-0.15, -0.1) is 31.3 Å². The predicted octanol–water partition coefficient (Wildman–Crippen LogP) is -2.42. The molecule has 310 valence electrons. The second-order valence-electron chi connectivity index (χ2n) is 14.4. The van der Waals surface area contributed by atoms with Crippen molar-refractivity contribution in [1.82, 2.24) is 0 Å². The second kappa shape index (κ2) is 26.1. The molecule has 0 aromatic heterocycles. The molecule has 0 amide bonds. The van der Waals surface area contributed by atoms with E-state index in [9.17, 15) is 17.8 Å². The van der Waals surface area contributed by atoms with Crippen LogP contribution in [0.1, 0.15) is 84.8 Å². The van der Waals surface area contributed by atoms with E-state index in [2.05, 4.69) is 95.6 Å². The summed E-state index contributed by atoms with van der Waals surface area (Å²) in [5.74, 6) is -0.559. The molecular weight excluding hydrogens is 930 g/mol. The summed E-state index contributed by atoms with van der Waals surface area (Å²) in [5, 5.41) is 0. The van der Waals surface area contributed by atoms with Gasteiger partial charge in [-0.2, -0.15) is 24.6 Å². The summed E-state index contributed by atoms with van der Waals surface area (Å²) in [5.41, 5.74) is 7.46. The second-order valence-corrected chi connectivity index (χ2v) is 17.4. The first-order chi connectivity index (χ1) is 26.6. The van der Waals surface area contributed by atoms with Crippen LogP contribution < -0.4 is 93.6 Å². The summed E-state index contributed by atoms with van der Waals surface area (Å²) < 4.78 is 95.2. The third-order valence-electron chi connectivity index (χ3n) is 10.0. The molecule has 60 heavy (non-hydrogen) atoms. The van der Waals surface area contributed by atoms with Gasteiger partial charge in [0.1, 0.15) is 22.4 Å². The fourth-order valence-corrected chi connectivity index (χ4v) is 8.47. The topological polar surface area (TPSA) is 192 Å². The van der Waals surface area contributed by atoms with Crippen LogP contribution in [-0.4, -0.2) is 74.2 Å². The summed E-state index contributed by atoms with van der Waals surface area (Å²) in [4.78, 5) is 15.1. The van der Waals surface area contributed by atoms with Crippen LogP contribution in [0.2, 0.25) is 0 Å². The zero-order valence-electron chi connectivity index (χ0n) is 35.7. The molecule has 0 N–H and O–H groups in total. The van der Waals surface area contributed by atoms with Gasteiger partial charge in [0, 0.05) is 39.2 Å². The fourth-order valence-electron chi connectivity index (χ4n) is 7.38. The molecule has 1 aliphatic carbocycles. The van der Waals surface area contributed by atoms with Gasteiger partial charge in [0.25, 0.3) is 0 Å². The molecule has 1 unspecified atom stereocenters. The van der Waals surface area contributed by atoms with E-state index in [4.69, 9.17) is 30.0 Å². The Kier molecular flexibility index (Phi) is 25.6. The maximum Gasteiger partial charge on any atom is 1.00 e. The quantitative estimate of drug-likeness (QED) is 0.0763. The van der Waals surface area contributed by atoms with Gasteiger partial charge in [-0.05, 0) is 67.3 Å². The zero-order chi connectivity index (χ0) is 42.9. The number of allylic oxidation sites excluding steroid dienone is 8. The third kappa shape index (κ3) is 15.0. The number of rotatable bonds is 11. The molecule has 2 aliphatic heterocycles. The monoisotopic (exact) mass is 975 g/mol. The molecule has 0 bridgehead atoms. The largest absolute Gasteiger partial charge is 1.00 e. The van der Waals surface area contributed by atoms with E-state index in [0.29, 0.717) is 32.4 Å². The standard InChI is InChI=1S/C40H48BrN2O5S.3Na.2O3S/c1-8-11-23-43-33-15-13-12-14-31(33)39(4,5)35(43)20-16-27-24-29(38(44)48-10-3)25-28(37(27)41)17-21-36-40(6,7)32-26-30(49(45,46)47)18-19-34(32)42(36)22-9-2;;;;2*1-4(2)3/h13-21,26,29H,2,8-11,22-25H2,1,3-7H3,(H,45,46,47);;;;;/q-1;3*+1;;/p-1. The molecular formula is C40H47BrN2Na3O11S3+. The van der Waals surface area contributed by atoms with E-state index < -0.39 is 36.8 Å². The summed E-state index contributed by atoms with van der Waals surface area (Å²) in [6.45, 7) is 18.5. The minimum Gasteiger partial charge on any atom is -0.744 e. The number of nitrogens with zero attached hydrogens (tertiary/aromatic N) is 2. The Balaban J connectivity index is 0.00000291. The molecule has 0 spiro atoms. The first kappa shape index (κ1) is 59.0. The first-order valence-electron chi connectivity index (χ1n) is 18.1. The van der Waals surface area contributed by atoms with Gasteiger partial charge < -0.3 is 21.1 Å². The normalized spacial score (nSPS) is 18.5. The molecule has 0 fully saturated rings. The molecule has 0 saturated heterocycles. The van der Waals surface area contributed by atoms with Gasteiger partial charge >= 0.3 is 116 Å². The van der Waals surface area contributed by atoms with Gasteiger partial charge in [0.05, 0.1) is 17.4 Å². The molecule has 0 saturated carbocycles. The first-order valence-corrected chi connectivity index (χ1v) is 22.3. The van der Waals surface area contributed by atoms with Gasteiger partial charge in [0.15, 0.2) is 5.71 Å². The maximum absolute atomic E-state index is 13.2. The summed E-state index contributed by atoms with van der Waals surface area (Å²) >= 11 is 3.93. The molecule has 1 atom stereocenters. The van der Waals surface area contributed by atoms with Crippen LogP contribution in [0.15, 0.2) is 86.9 Å². The number of unbranched alkanes of at least 4 members (excludes halogenated alkanes) is 1. The molecule has 2 aromatic carbocycles. The van der Waals surface area contributed by atoms with Gasteiger partial charge in [-0.1, -0.05) is 74.7 Å². The number of carbonyl (C=O) groups is 1. The number of anilines is 1. The van der Waals surface area contributed by atoms with Crippen LogP contribution in [0.5, 0.6) is 0 Å². The van der Waals surface area contributed by atoms with Crippen LogP contribution in [0, 0.1) is 18.9 Å². The van der Waals surface area contributed by atoms with E-state index in [0.717, 1.165) is 52.0 Å². The van der Waals surface area contributed by atoms with Crippen LogP contribution in [0.4, 0.5) is 11.4 Å². The van der Waals surface area contributed by atoms with E-state index in [1.807, 2.05) is 26.8 Å². The number of esters is 1. The zero-order valence-corrected chi connectivity index (χ0v) is 45.7. The molecule has 2 heterocycles. The van der Waals surface area contributed by atoms with E-state index in [-0.39, 0.29) is 111 Å². The Labute approximate surface area is 432 Å². The van der Waals surface area contributed by atoms with Gasteiger partial charge in [-0.25, -0.2) is 13.0 Å². The van der Waals surface area contributed by atoms with Crippen molar-refractivity contribution >= 4 is 70.3 Å². The summed E-state index contributed by atoms with van der Waals surface area (Å²) in [7, 11) is -10.8. The van der Waals surface area contributed by atoms with Crippen molar-refractivity contribution in [2.45, 2.75) is 89.4 Å². The van der Waals surface area contributed by atoms with E-state index in [1.54, 1.807) is 6.07 Å². The number of carbonyl (C=O) groups excluding carboxylic acids is 1. The van der Waals surface area contributed by atoms with E-state index in [1.165, 1.54) is 29.1 Å².